The maximum absolute atomic E-state index is 12.6. The quantitative estimate of drug-likeness (QED) is 0.585. The number of esters is 1. The van der Waals surface area contributed by atoms with Gasteiger partial charge in [-0.2, -0.15) is 5.26 Å². The fourth-order valence-electron chi connectivity index (χ4n) is 2.22. The van der Waals surface area contributed by atoms with Gasteiger partial charge in [0, 0.05) is 29.1 Å². The van der Waals surface area contributed by atoms with Gasteiger partial charge in [0.25, 0.3) is 5.56 Å². The van der Waals surface area contributed by atoms with Crippen LogP contribution in [0, 0.1) is 11.3 Å². The van der Waals surface area contributed by atoms with E-state index < -0.39 is 5.97 Å². The van der Waals surface area contributed by atoms with E-state index in [9.17, 15) is 14.9 Å². The molecular weight excluding hydrogens is 376 g/mol. The van der Waals surface area contributed by atoms with Crippen molar-refractivity contribution in [3.8, 4) is 6.07 Å². The highest BCUT2D eigenvalue weighted by molar-refractivity contribution is 7.07. The second-order valence-electron chi connectivity index (χ2n) is 5.09. The first-order chi connectivity index (χ1) is 12.4. The Labute approximate surface area is 158 Å². The van der Waals surface area contributed by atoms with Crippen LogP contribution < -0.4 is 25.8 Å². The summed E-state index contributed by atoms with van der Waals surface area (Å²) in [6, 6.07) is 6.76. The van der Waals surface area contributed by atoms with E-state index in [1.807, 2.05) is 6.07 Å². The molecule has 0 aliphatic carbocycles. The van der Waals surface area contributed by atoms with Gasteiger partial charge in [-0.25, -0.2) is 4.79 Å². The largest absolute Gasteiger partial charge is 0.462 e. The predicted molar refractivity (Wildman–Crippen MR) is 103 cm³/mol. The van der Waals surface area contributed by atoms with Crippen LogP contribution in [0.4, 0.5) is 11.4 Å². The molecule has 0 aliphatic rings. The molecule has 0 saturated carbocycles. The van der Waals surface area contributed by atoms with Gasteiger partial charge in [-0.15, -0.1) is 11.3 Å². The third-order valence-electron chi connectivity index (χ3n) is 3.32. The molecule has 0 amide bonds. The molecule has 2 rings (SSSR count). The highest BCUT2D eigenvalue weighted by Crippen LogP contribution is 2.20. The number of carbonyl (C=O) groups excluding carboxylic acids is 1. The van der Waals surface area contributed by atoms with Gasteiger partial charge in [-0.1, -0.05) is 11.6 Å². The van der Waals surface area contributed by atoms with Gasteiger partial charge in [0.15, 0.2) is 5.57 Å². The smallest absolute Gasteiger partial charge is 0.351 e. The van der Waals surface area contributed by atoms with Crippen molar-refractivity contribution in [2.75, 3.05) is 17.7 Å². The second kappa shape index (κ2) is 8.56. The number of nitrogens with two attached hydrogens (primary N) is 1. The number of thiazole rings is 1. The van der Waals surface area contributed by atoms with Crippen molar-refractivity contribution in [3.63, 3.8) is 0 Å². The van der Waals surface area contributed by atoms with Crippen molar-refractivity contribution >= 4 is 52.1 Å². The Hall–Kier alpha value is -2.76. The van der Waals surface area contributed by atoms with Gasteiger partial charge in [0.2, 0.25) is 0 Å². The van der Waals surface area contributed by atoms with Crippen LogP contribution in [0.15, 0.2) is 23.0 Å². The molecule has 0 saturated heterocycles. The molecule has 0 aliphatic heterocycles. The number of ether oxygens (including phenoxy) is 1. The van der Waals surface area contributed by atoms with Gasteiger partial charge in [-0.3, -0.25) is 9.36 Å². The maximum Gasteiger partial charge on any atom is 0.351 e. The van der Waals surface area contributed by atoms with Gasteiger partial charge in [0.1, 0.15) is 15.3 Å². The molecule has 9 heteroatoms. The summed E-state index contributed by atoms with van der Waals surface area (Å²) in [7, 11) is 0. The van der Waals surface area contributed by atoms with E-state index in [0.717, 1.165) is 11.3 Å². The van der Waals surface area contributed by atoms with Crippen molar-refractivity contribution in [2.24, 2.45) is 0 Å². The number of benzene rings is 1. The van der Waals surface area contributed by atoms with Gasteiger partial charge < -0.3 is 15.8 Å². The standard InChI is InChI=1S/C17H17ClN4O3S/c1-3-22-15(23)14(9-21-12-6-10(18)5-11(20)7-12)26-16(22)13(8-19)17(24)25-4-2/h5-7,9,21H,3-4,20H2,1-2H3. The summed E-state index contributed by atoms with van der Waals surface area (Å²) in [5, 5.41) is 12.7. The van der Waals surface area contributed by atoms with Crippen LogP contribution in [-0.2, 0) is 16.1 Å². The molecule has 1 aromatic heterocycles. The number of halogens is 1. The van der Waals surface area contributed by atoms with Crippen molar-refractivity contribution in [2.45, 2.75) is 20.4 Å². The number of anilines is 2. The highest BCUT2D eigenvalue weighted by atomic mass is 35.5. The molecule has 0 unspecified atom stereocenters. The van der Waals surface area contributed by atoms with Crippen LogP contribution in [0.1, 0.15) is 13.8 Å². The molecule has 0 atom stereocenters. The van der Waals surface area contributed by atoms with E-state index in [2.05, 4.69) is 5.32 Å². The van der Waals surface area contributed by atoms with Crippen LogP contribution >= 0.6 is 22.9 Å². The minimum atomic E-state index is -0.749. The molecule has 136 valence electrons. The highest BCUT2D eigenvalue weighted by Gasteiger charge is 2.16. The molecule has 2 aromatic rings. The molecule has 26 heavy (non-hydrogen) atoms. The Morgan fingerprint density at radius 3 is 2.77 bits per heavy atom. The topological polar surface area (TPSA) is 110 Å². The van der Waals surface area contributed by atoms with Crippen molar-refractivity contribution in [1.29, 1.82) is 5.26 Å². The number of carbonyl (C=O) groups is 1. The number of nitrogen functional groups attached to an aromatic ring is 1. The van der Waals surface area contributed by atoms with Crippen LogP contribution in [0.25, 0.3) is 11.8 Å². The molecule has 0 bridgehead atoms. The molecule has 1 aromatic carbocycles. The first-order valence-corrected chi connectivity index (χ1v) is 8.94. The molecule has 0 fully saturated rings. The number of nitrogens with one attached hydrogen (secondary N) is 1. The summed E-state index contributed by atoms with van der Waals surface area (Å²) in [6.45, 7) is 3.86. The summed E-state index contributed by atoms with van der Waals surface area (Å²) >= 11 is 6.98. The summed E-state index contributed by atoms with van der Waals surface area (Å²) < 4.78 is 6.85. The Morgan fingerprint density at radius 1 is 1.46 bits per heavy atom. The Morgan fingerprint density at radius 2 is 2.19 bits per heavy atom. The molecule has 1 heterocycles. The predicted octanol–water partition coefficient (Wildman–Crippen LogP) is 1.25. The van der Waals surface area contributed by atoms with Gasteiger partial charge >= 0.3 is 5.97 Å². The molecule has 0 radical (unpaired) electrons. The lowest BCUT2D eigenvalue weighted by molar-refractivity contribution is -0.136. The monoisotopic (exact) mass is 392 g/mol. The van der Waals surface area contributed by atoms with Crippen LogP contribution in [0.3, 0.4) is 0 Å². The van der Waals surface area contributed by atoms with E-state index in [1.165, 1.54) is 10.8 Å². The Balaban J connectivity index is 2.59. The summed E-state index contributed by atoms with van der Waals surface area (Å²) in [5.41, 5.74) is 6.32. The molecule has 7 nitrogen and oxygen atoms in total. The number of aromatic nitrogens is 1. The molecule has 3 N–H and O–H groups in total. The van der Waals surface area contributed by atoms with Gasteiger partial charge in [0.05, 0.1) is 6.61 Å². The third kappa shape index (κ3) is 4.25. The lowest BCUT2D eigenvalue weighted by atomic mass is 10.3. The minimum Gasteiger partial charge on any atom is -0.462 e. The average Bonchev–Trinajstić information content (AvgIpc) is 2.89. The lowest BCUT2D eigenvalue weighted by Gasteiger charge is -2.02. The normalized spacial score (nSPS) is 12.5. The van der Waals surface area contributed by atoms with Crippen LogP contribution in [0.5, 0.6) is 0 Å². The van der Waals surface area contributed by atoms with E-state index in [-0.39, 0.29) is 22.4 Å². The fraction of sp³-hybridized carbons (Fsp3) is 0.235. The number of hydrogen-bond acceptors (Lipinski definition) is 7. The molecule has 0 spiro atoms. The number of hydrogen-bond donors (Lipinski definition) is 2. The Bertz CT molecular complexity index is 1030. The van der Waals surface area contributed by atoms with Crippen molar-refractivity contribution < 1.29 is 9.53 Å². The lowest BCUT2D eigenvalue weighted by Crippen LogP contribution is -2.32. The maximum atomic E-state index is 12.6. The zero-order chi connectivity index (χ0) is 19.3. The SMILES string of the molecule is CCOC(=O)C(C#N)=c1sc(=CNc2cc(N)cc(Cl)c2)c(=O)n1CC. The minimum absolute atomic E-state index is 0.141. The van der Waals surface area contributed by atoms with Crippen molar-refractivity contribution in [1.82, 2.24) is 4.57 Å². The first kappa shape index (κ1) is 19.6. The number of nitriles is 1. The Kier molecular flexibility index (Phi) is 6.44. The average molecular weight is 393 g/mol. The van der Waals surface area contributed by atoms with Crippen LogP contribution in [-0.4, -0.2) is 17.1 Å². The van der Waals surface area contributed by atoms with E-state index in [4.69, 9.17) is 22.1 Å². The first-order valence-electron chi connectivity index (χ1n) is 7.75. The summed E-state index contributed by atoms with van der Waals surface area (Å²) in [4.78, 5) is 24.5. The van der Waals surface area contributed by atoms with E-state index in [1.54, 1.807) is 32.0 Å². The molecular formula is C17H17ClN4O3S. The summed E-state index contributed by atoms with van der Waals surface area (Å²) in [5.74, 6) is -0.749. The number of nitrogens with zero attached hydrogens (tertiary/aromatic N) is 2. The third-order valence-corrected chi connectivity index (χ3v) is 4.67. The second-order valence-corrected chi connectivity index (χ2v) is 6.56. The van der Waals surface area contributed by atoms with Gasteiger partial charge in [-0.05, 0) is 32.0 Å². The van der Waals surface area contributed by atoms with Crippen LogP contribution in [0.2, 0.25) is 5.02 Å². The zero-order valence-electron chi connectivity index (χ0n) is 14.2. The van der Waals surface area contributed by atoms with E-state index in [0.29, 0.717) is 27.5 Å². The fourth-order valence-corrected chi connectivity index (χ4v) is 3.54. The van der Waals surface area contributed by atoms with Crippen molar-refractivity contribution in [3.05, 3.63) is 42.8 Å². The summed E-state index contributed by atoms with van der Waals surface area (Å²) in [6.07, 6.45) is 1.49. The zero-order valence-corrected chi connectivity index (χ0v) is 15.8. The van der Waals surface area contributed by atoms with E-state index >= 15 is 0 Å². The number of rotatable bonds is 5.